The minimum Gasteiger partial charge on any atom is -0.374 e. The molecule has 0 aliphatic carbocycles. The molecule has 5 heteroatoms. The number of carbonyl (C=O) groups is 1. The maximum absolute atomic E-state index is 13.4. The molecule has 2 rings (SSSR count). The number of para-hydroxylation sites is 1. The zero-order valence-corrected chi connectivity index (χ0v) is 11.7. The third-order valence-electron chi connectivity index (χ3n) is 2.79. The van der Waals surface area contributed by atoms with E-state index in [0.29, 0.717) is 16.4 Å². The smallest absolute Gasteiger partial charge is 0.243 e. The van der Waals surface area contributed by atoms with Crippen LogP contribution in [0.1, 0.15) is 5.56 Å². The van der Waals surface area contributed by atoms with Crippen molar-refractivity contribution < 1.29 is 9.18 Å². The topological polar surface area (TPSA) is 41.1 Å². The minimum atomic E-state index is -0.390. The van der Waals surface area contributed by atoms with Crippen LogP contribution in [0.2, 0.25) is 5.02 Å². The molecule has 0 bridgehead atoms. The summed E-state index contributed by atoms with van der Waals surface area (Å²) in [5.41, 5.74) is 1.86. The Morgan fingerprint density at radius 3 is 2.70 bits per heavy atom. The lowest BCUT2D eigenvalue weighted by molar-refractivity contribution is -0.114. The molecule has 1 amide bonds. The molecule has 2 aromatic rings. The molecule has 0 heterocycles. The number of anilines is 2. The van der Waals surface area contributed by atoms with Crippen LogP contribution >= 0.6 is 11.6 Å². The first-order valence-corrected chi connectivity index (χ1v) is 6.48. The third kappa shape index (κ3) is 3.71. The van der Waals surface area contributed by atoms with Crippen molar-refractivity contribution in [2.24, 2.45) is 0 Å². The van der Waals surface area contributed by atoms with Crippen LogP contribution < -0.4 is 10.6 Å². The first-order valence-electron chi connectivity index (χ1n) is 6.10. The Kier molecular flexibility index (Phi) is 4.58. The summed E-state index contributed by atoms with van der Waals surface area (Å²) in [5, 5.41) is 6.03. The van der Waals surface area contributed by atoms with Crippen LogP contribution in [0, 0.1) is 12.7 Å². The largest absolute Gasteiger partial charge is 0.374 e. The van der Waals surface area contributed by atoms with E-state index in [1.807, 2.05) is 13.0 Å². The van der Waals surface area contributed by atoms with Gasteiger partial charge in [0.2, 0.25) is 5.91 Å². The van der Waals surface area contributed by atoms with E-state index in [4.69, 9.17) is 11.6 Å². The monoisotopic (exact) mass is 292 g/mol. The van der Waals surface area contributed by atoms with E-state index in [9.17, 15) is 9.18 Å². The van der Waals surface area contributed by atoms with Crippen molar-refractivity contribution in [3.63, 3.8) is 0 Å². The Labute approximate surface area is 121 Å². The summed E-state index contributed by atoms with van der Waals surface area (Å²) in [6, 6.07) is 11.5. The van der Waals surface area contributed by atoms with E-state index >= 15 is 0 Å². The van der Waals surface area contributed by atoms with Crippen molar-refractivity contribution in [3.05, 3.63) is 58.9 Å². The Morgan fingerprint density at radius 2 is 1.95 bits per heavy atom. The molecule has 2 aromatic carbocycles. The summed E-state index contributed by atoms with van der Waals surface area (Å²) >= 11 is 5.88. The average molecular weight is 293 g/mol. The van der Waals surface area contributed by atoms with Gasteiger partial charge < -0.3 is 10.6 Å². The van der Waals surface area contributed by atoms with Crippen molar-refractivity contribution >= 4 is 28.9 Å². The highest BCUT2D eigenvalue weighted by molar-refractivity contribution is 6.31. The fourth-order valence-electron chi connectivity index (χ4n) is 1.70. The fourth-order valence-corrected chi connectivity index (χ4v) is 1.88. The highest BCUT2D eigenvalue weighted by atomic mass is 35.5. The van der Waals surface area contributed by atoms with Crippen LogP contribution in [0.5, 0.6) is 0 Å². The number of nitrogens with one attached hydrogen (secondary N) is 2. The fraction of sp³-hybridized carbons (Fsp3) is 0.133. The summed E-state index contributed by atoms with van der Waals surface area (Å²) in [6.45, 7) is 1.85. The minimum absolute atomic E-state index is 0.0209. The second kappa shape index (κ2) is 6.39. The molecule has 0 radical (unpaired) electrons. The molecule has 3 nitrogen and oxygen atoms in total. The molecule has 2 N–H and O–H groups in total. The zero-order chi connectivity index (χ0) is 14.5. The predicted molar refractivity (Wildman–Crippen MR) is 79.7 cm³/mol. The second-order valence-corrected chi connectivity index (χ2v) is 4.78. The molecular weight excluding hydrogens is 279 g/mol. The summed E-state index contributed by atoms with van der Waals surface area (Å²) < 4.78 is 13.4. The number of carbonyl (C=O) groups excluding carboxylic acids is 1. The van der Waals surface area contributed by atoms with Crippen molar-refractivity contribution in [2.75, 3.05) is 17.2 Å². The molecule has 0 aliphatic rings. The summed E-state index contributed by atoms with van der Waals surface area (Å²) in [5.74, 6) is -0.655. The van der Waals surface area contributed by atoms with Gasteiger partial charge in [-0.1, -0.05) is 29.8 Å². The van der Waals surface area contributed by atoms with E-state index in [2.05, 4.69) is 10.6 Å². The third-order valence-corrected chi connectivity index (χ3v) is 3.02. The Morgan fingerprint density at radius 1 is 1.20 bits per heavy atom. The number of hydrogen-bond acceptors (Lipinski definition) is 2. The Balaban J connectivity index is 1.96. The number of amides is 1. The number of aryl methyl sites for hydroxylation is 1. The van der Waals surface area contributed by atoms with Gasteiger partial charge in [-0.15, -0.1) is 0 Å². The number of halogens is 2. The standard InChI is InChI=1S/C15H14ClFN2O/c1-10-6-7-11(16)8-14(10)19-15(20)9-18-13-5-3-2-4-12(13)17/h2-8,18H,9H2,1H3,(H,19,20). The quantitative estimate of drug-likeness (QED) is 0.899. The van der Waals surface area contributed by atoms with Gasteiger partial charge >= 0.3 is 0 Å². The molecule has 20 heavy (non-hydrogen) atoms. The molecule has 0 saturated carbocycles. The van der Waals surface area contributed by atoms with E-state index in [0.717, 1.165) is 5.56 Å². The van der Waals surface area contributed by atoms with Crippen LogP contribution in [0.25, 0.3) is 0 Å². The molecule has 0 spiro atoms. The van der Waals surface area contributed by atoms with Crippen molar-refractivity contribution in [3.8, 4) is 0 Å². The first kappa shape index (κ1) is 14.3. The van der Waals surface area contributed by atoms with Crippen molar-refractivity contribution in [1.82, 2.24) is 0 Å². The lowest BCUT2D eigenvalue weighted by atomic mass is 10.2. The van der Waals surface area contributed by atoms with E-state index < -0.39 is 0 Å². The molecule has 0 unspecified atom stereocenters. The summed E-state index contributed by atoms with van der Waals surface area (Å²) in [6.07, 6.45) is 0. The van der Waals surface area contributed by atoms with Gasteiger partial charge in [-0.05, 0) is 36.8 Å². The molecule has 0 aliphatic heterocycles. The number of benzene rings is 2. The van der Waals surface area contributed by atoms with Crippen molar-refractivity contribution in [2.45, 2.75) is 6.92 Å². The highest BCUT2D eigenvalue weighted by Gasteiger charge is 2.07. The highest BCUT2D eigenvalue weighted by Crippen LogP contribution is 2.20. The van der Waals surface area contributed by atoms with Crippen LogP contribution in [0.3, 0.4) is 0 Å². The van der Waals surface area contributed by atoms with Crippen molar-refractivity contribution in [1.29, 1.82) is 0 Å². The normalized spacial score (nSPS) is 10.2. The van der Waals surface area contributed by atoms with Gasteiger partial charge in [0, 0.05) is 10.7 Å². The van der Waals surface area contributed by atoms with Gasteiger partial charge in [0.15, 0.2) is 0 Å². The maximum Gasteiger partial charge on any atom is 0.243 e. The van der Waals surface area contributed by atoms with Gasteiger partial charge in [-0.25, -0.2) is 4.39 Å². The van der Waals surface area contributed by atoms with E-state index in [1.165, 1.54) is 6.07 Å². The van der Waals surface area contributed by atoms with Crippen LogP contribution in [0.4, 0.5) is 15.8 Å². The summed E-state index contributed by atoms with van der Waals surface area (Å²) in [4.78, 5) is 11.8. The molecule has 0 aromatic heterocycles. The molecule has 104 valence electrons. The molecule has 0 saturated heterocycles. The van der Waals surface area contributed by atoms with Gasteiger partial charge in [-0.3, -0.25) is 4.79 Å². The number of rotatable bonds is 4. The van der Waals surface area contributed by atoms with Gasteiger partial charge in [-0.2, -0.15) is 0 Å². The molecular formula is C15H14ClFN2O. The maximum atomic E-state index is 13.4. The van der Waals surface area contributed by atoms with E-state index in [1.54, 1.807) is 30.3 Å². The molecule has 0 atom stereocenters. The predicted octanol–water partition coefficient (Wildman–Crippen LogP) is 3.84. The summed E-state index contributed by atoms with van der Waals surface area (Å²) in [7, 11) is 0. The Bertz CT molecular complexity index is 631. The number of hydrogen-bond donors (Lipinski definition) is 2. The van der Waals surface area contributed by atoms with Crippen LogP contribution in [-0.2, 0) is 4.79 Å². The van der Waals surface area contributed by atoms with Gasteiger partial charge in [0.05, 0.1) is 12.2 Å². The Hall–Kier alpha value is -2.07. The van der Waals surface area contributed by atoms with Gasteiger partial charge in [0.1, 0.15) is 5.82 Å². The van der Waals surface area contributed by atoms with Gasteiger partial charge in [0.25, 0.3) is 0 Å². The average Bonchev–Trinajstić information content (AvgIpc) is 2.42. The zero-order valence-electron chi connectivity index (χ0n) is 10.9. The lowest BCUT2D eigenvalue weighted by Crippen LogP contribution is -2.22. The molecule has 0 fully saturated rings. The van der Waals surface area contributed by atoms with E-state index in [-0.39, 0.29) is 18.3 Å². The van der Waals surface area contributed by atoms with Crippen LogP contribution in [-0.4, -0.2) is 12.5 Å². The first-order chi connectivity index (χ1) is 9.56. The SMILES string of the molecule is Cc1ccc(Cl)cc1NC(=O)CNc1ccccc1F. The second-order valence-electron chi connectivity index (χ2n) is 4.34. The van der Waals surface area contributed by atoms with Crippen LogP contribution in [0.15, 0.2) is 42.5 Å². The lowest BCUT2D eigenvalue weighted by Gasteiger charge is -2.10.